The third kappa shape index (κ3) is 5.84. The van der Waals surface area contributed by atoms with E-state index in [1.807, 2.05) is 0 Å². The van der Waals surface area contributed by atoms with Gasteiger partial charge in [0, 0.05) is 4.91 Å². The molecule has 1 N–H and O–H groups in total. The molecule has 0 aromatic carbocycles. The molecule has 8 heteroatoms. The number of carbonyl (C=O) groups excluding carboxylic acids is 2. The molecule has 0 rings (SSSR count). The summed E-state index contributed by atoms with van der Waals surface area (Å²) in [7, 11) is 1.21. The van der Waals surface area contributed by atoms with Crippen molar-refractivity contribution >= 4 is 11.9 Å². The van der Waals surface area contributed by atoms with Crippen molar-refractivity contribution in [2.24, 2.45) is 5.11 Å². The van der Waals surface area contributed by atoms with Gasteiger partial charge in [0.05, 0.1) is 26.8 Å². The van der Waals surface area contributed by atoms with E-state index in [0.29, 0.717) is 0 Å². The van der Waals surface area contributed by atoms with Crippen molar-refractivity contribution in [3.63, 3.8) is 0 Å². The fraction of sp³-hybridized carbons (Fsp3) is 0.750. The zero-order chi connectivity index (χ0) is 12.4. The van der Waals surface area contributed by atoms with E-state index in [0.717, 1.165) is 0 Å². The lowest BCUT2D eigenvalue weighted by molar-refractivity contribution is -0.144. The average Bonchev–Trinajstić information content (AvgIpc) is 2.28. The molecule has 0 aliphatic rings. The average molecular weight is 230 g/mol. The Morgan fingerprint density at radius 3 is 2.75 bits per heavy atom. The number of rotatable bonds is 7. The summed E-state index contributed by atoms with van der Waals surface area (Å²) in [4.78, 5) is 24.7. The number of azide groups is 1. The third-order valence-electron chi connectivity index (χ3n) is 1.61. The van der Waals surface area contributed by atoms with Gasteiger partial charge in [-0.1, -0.05) is 5.11 Å². The quantitative estimate of drug-likeness (QED) is 0.286. The number of carbonyl (C=O) groups is 2. The molecule has 8 nitrogen and oxygen atoms in total. The smallest absolute Gasteiger partial charge is 0.323 e. The Bertz CT molecular complexity index is 288. The lowest BCUT2D eigenvalue weighted by Crippen LogP contribution is -2.42. The highest BCUT2D eigenvalue weighted by Gasteiger charge is 2.18. The van der Waals surface area contributed by atoms with E-state index in [9.17, 15) is 9.59 Å². The summed E-state index contributed by atoms with van der Waals surface area (Å²) >= 11 is 0. The van der Waals surface area contributed by atoms with Crippen LogP contribution in [0.25, 0.3) is 10.4 Å². The Morgan fingerprint density at radius 2 is 2.25 bits per heavy atom. The van der Waals surface area contributed by atoms with Gasteiger partial charge in [-0.3, -0.25) is 14.9 Å². The number of hydrogen-bond acceptors (Lipinski definition) is 6. The van der Waals surface area contributed by atoms with E-state index >= 15 is 0 Å². The monoisotopic (exact) mass is 230 g/mol. The maximum atomic E-state index is 11.2. The predicted octanol–water partition coefficient (Wildman–Crippen LogP) is -0.00900. The molecule has 0 saturated carbocycles. The standard InChI is InChI=1S/C8H14N4O4/c1-3-16-7(13)5-10-6(4-11-12-9)8(14)15-2/h6,10H,3-5H2,1-2H3/t6-/m0/s1. The zero-order valence-corrected chi connectivity index (χ0v) is 9.17. The summed E-state index contributed by atoms with van der Waals surface area (Å²) in [5.41, 5.74) is 8.12. The van der Waals surface area contributed by atoms with Gasteiger partial charge < -0.3 is 9.47 Å². The van der Waals surface area contributed by atoms with Gasteiger partial charge in [-0.15, -0.1) is 0 Å². The van der Waals surface area contributed by atoms with Gasteiger partial charge in [0.2, 0.25) is 0 Å². The Kier molecular flexibility index (Phi) is 7.56. The lowest BCUT2D eigenvalue weighted by Gasteiger charge is -2.13. The molecular formula is C8H14N4O4. The Balaban J connectivity index is 4.15. The van der Waals surface area contributed by atoms with Crippen LogP contribution in [0.15, 0.2) is 5.11 Å². The molecule has 0 heterocycles. The van der Waals surface area contributed by atoms with E-state index in [4.69, 9.17) is 5.53 Å². The first kappa shape index (κ1) is 14.2. The van der Waals surface area contributed by atoms with Crippen molar-refractivity contribution in [2.75, 3.05) is 26.8 Å². The van der Waals surface area contributed by atoms with Crippen molar-refractivity contribution in [3.8, 4) is 0 Å². The van der Waals surface area contributed by atoms with Crippen LogP contribution in [0.1, 0.15) is 6.92 Å². The molecule has 0 aromatic rings. The van der Waals surface area contributed by atoms with Gasteiger partial charge >= 0.3 is 11.9 Å². The summed E-state index contributed by atoms with van der Waals surface area (Å²) in [6, 6.07) is -0.842. The molecule has 0 fully saturated rings. The zero-order valence-electron chi connectivity index (χ0n) is 9.17. The van der Waals surface area contributed by atoms with Crippen LogP contribution < -0.4 is 5.32 Å². The highest BCUT2D eigenvalue weighted by atomic mass is 16.5. The molecule has 0 amide bonds. The summed E-state index contributed by atoms with van der Waals surface area (Å²) in [6.45, 7) is 1.67. The van der Waals surface area contributed by atoms with Crippen molar-refractivity contribution < 1.29 is 19.1 Å². The van der Waals surface area contributed by atoms with Crippen LogP contribution in [0, 0.1) is 0 Å². The van der Waals surface area contributed by atoms with E-state index in [2.05, 4.69) is 24.8 Å². The van der Waals surface area contributed by atoms with Gasteiger partial charge in [0.1, 0.15) is 6.04 Å². The van der Waals surface area contributed by atoms with Gasteiger partial charge in [0.15, 0.2) is 0 Å². The summed E-state index contributed by atoms with van der Waals surface area (Å²) in [6.07, 6.45) is 0. The molecule has 0 radical (unpaired) electrons. The molecule has 90 valence electrons. The predicted molar refractivity (Wildman–Crippen MR) is 54.5 cm³/mol. The number of nitrogens with one attached hydrogen (secondary N) is 1. The molecule has 0 aliphatic heterocycles. The number of ether oxygens (including phenoxy) is 2. The maximum absolute atomic E-state index is 11.2. The molecule has 0 spiro atoms. The van der Waals surface area contributed by atoms with Gasteiger partial charge in [-0.05, 0) is 12.5 Å². The molecule has 16 heavy (non-hydrogen) atoms. The van der Waals surface area contributed by atoms with E-state index in [-0.39, 0.29) is 19.7 Å². The van der Waals surface area contributed by atoms with Crippen molar-refractivity contribution in [3.05, 3.63) is 10.4 Å². The highest BCUT2D eigenvalue weighted by Crippen LogP contribution is 1.90. The minimum atomic E-state index is -0.842. The van der Waals surface area contributed by atoms with Crippen molar-refractivity contribution in [1.29, 1.82) is 0 Å². The third-order valence-corrected chi connectivity index (χ3v) is 1.61. The second-order valence-electron chi connectivity index (χ2n) is 2.68. The van der Waals surface area contributed by atoms with Crippen LogP contribution in [0.4, 0.5) is 0 Å². The fourth-order valence-electron chi connectivity index (χ4n) is 0.901. The van der Waals surface area contributed by atoms with Crippen LogP contribution in [-0.4, -0.2) is 44.8 Å². The largest absolute Gasteiger partial charge is 0.468 e. The normalized spacial score (nSPS) is 11.1. The van der Waals surface area contributed by atoms with Gasteiger partial charge in [-0.2, -0.15) is 0 Å². The lowest BCUT2D eigenvalue weighted by atomic mass is 10.3. The van der Waals surface area contributed by atoms with Crippen LogP contribution in [-0.2, 0) is 19.1 Å². The molecule has 0 aliphatic carbocycles. The number of hydrogen-bond donors (Lipinski definition) is 1. The summed E-state index contributed by atoms with van der Waals surface area (Å²) < 4.78 is 9.12. The van der Waals surface area contributed by atoms with E-state index in [1.54, 1.807) is 6.92 Å². The van der Waals surface area contributed by atoms with Crippen molar-refractivity contribution in [1.82, 2.24) is 5.32 Å². The molecule has 0 aromatic heterocycles. The van der Waals surface area contributed by atoms with Crippen molar-refractivity contribution in [2.45, 2.75) is 13.0 Å². The molecule has 0 bridgehead atoms. The van der Waals surface area contributed by atoms with E-state index < -0.39 is 18.0 Å². The fourth-order valence-corrected chi connectivity index (χ4v) is 0.901. The topological polar surface area (TPSA) is 113 Å². The minimum absolute atomic E-state index is 0.122. The Labute approximate surface area is 92.5 Å². The van der Waals surface area contributed by atoms with Crippen LogP contribution in [0.2, 0.25) is 0 Å². The van der Waals surface area contributed by atoms with Gasteiger partial charge in [-0.25, -0.2) is 0 Å². The first-order chi connectivity index (χ1) is 7.65. The van der Waals surface area contributed by atoms with Crippen LogP contribution in [0.5, 0.6) is 0 Å². The SMILES string of the molecule is CCOC(=O)CN[C@@H](CN=[N+]=[N-])C(=O)OC. The maximum Gasteiger partial charge on any atom is 0.323 e. The Hall–Kier alpha value is -1.79. The number of methoxy groups -OCH3 is 1. The van der Waals surface area contributed by atoms with Gasteiger partial charge in [0.25, 0.3) is 0 Å². The summed E-state index contributed by atoms with van der Waals surface area (Å²) in [5, 5.41) is 5.81. The second kappa shape index (κ2) is 8.51. The molecular weight excluding hydrogens is 216 g/mol. The molecule has 1 atom stereocenters. The minimum Gasteiger partial charge on any atom is -0.468 e. The number of esters is 2. The molecule has 0 saturated heterocycles. The molecule has 0 unspecified atom stereocenters. The Morgan fingerprint density at radius 1 is 1.56 bits per heavy atom. The number of nitrogens with zero attached hydrogens (tertiary/aromatic N) is 3. The van der Waals surface area contributed by atoms with E-state index in [1.165, 1.54) is 7.11 Å². The van der Waals surface area contributed by atoms with Crippen LogP contribution >= 0.6 is 0 Å². The van der Waals surface area contributed by atoms with Crippen LogP contribution in [0.3, 0.4) is 0 Å². The summed E-state index contributed by atoms with van der Waals surface area (Å²) in [5.74, 6) is -1.09. The first-order valence-corrected chi connectivity index (χ1v) is 4.63. The highest BCUT2D eigenvalue weighted by molar-refractivity contribution is 5.77. The second-order valence-corrected chi connectivity index (χ2v) is 2.68. The first-order valence-electron chi connectivity index (χ1n) is 4.63.